The fourth-order valence-electron chi connectivity index (χ4n) is 1.17. The molecule has 0 bridgehead atoms. The van der Waals surface area contributed by atoms with Gasteiger partial charge in [0.2, 0.25) is 0 Å². The molecule has 1 aromatic heterocycles. The second-order valence-electron chi connectivity index (χ2n) is 3.74. The van der Waals surface area contributed by atoms with E-state index in [1.165, 1.54) is 10.7 Å². The average molecular weight is 198 g/mol. The van der Waals surface area contributed by atoms with Crippen molar-refractivity contribution in [3.63, 3.8) is 0 Å². The second-order valence-corrected chi connectivity index (χ2v) is 4.63. The van der Waals surface area contributed by atoms with E-state index in [0.29, 0.717) is 11.8 Å². The summed E-state index contributed by atoms with van der Waals surface area (Å²) in [7, 11) is 0. The third-order valence-corrected chi connectivity index (χ3v) is 3.25. The van der Waals surface area contributed by atoms with Crippen molar-refractivity contribution < 1.29 is 0 Å². The van der Waals surface area contributed by atoms with E-state index in [-0.39, 0.29) is 0 Å². The summed E-state index contributed by atoms with van der Waals surface area (Å²) < 4.78 is 0. The molecule has 2 nitrogen and oxygen atoms in total. The maximum absolute atomic E-state index is 5.51. The van der Waals surface area contributed by atoms with Crippen LogP contribution in [0.3, 0.4) is 0 Å². The molecule has 74 valence electrons. The lowest BCUT2D eigenvalue weighted by atomic mass is 10.1. The lowest BCUT2D eigenvalue weighted by Gasteiger charge is -2.05. The Morgan fingerprint density at radius 3 is 2.62 bits per heavy atom. The first-order valence-corrected chi connectivity index (χ1v) is 5.68. The number of aromatic nitrogens is 1. The van der Waals surface area contributed by atoms with Crippen LogP contribution in [0.2, 0.25) is 0 Å². The summed E-state index contributed by atoms with van der Waals surface area (Å²) in [5.74, 6) is 1.05. The molecule has 1 atom stereocenters. The maximum Gasteiger partial charge on any atom is 0.0957 e. The van der Waals surface area contributed by atoms with Gasteiger partial charge >= 0.3 is 0 Å². The zero-order valence-electron chi connectivity index (χ0n) is 8.58. The van der Waals surface area contributed by atoms with E-state index in [0.717, 1.165) is 13.0 Å². The van der Waals surface area contributed by atoms with Crippen LogP contribution in [0.1, 0.15) is 49.7 Å². The molecule has 1 unspecified atom stereocenters. The highest BCUT2D eigenvalue weighted by atomic mass is 32.1. The Hall–Kier alpha value is -0.410. The van der Waals surface area contributed by atoms with Gasteiger partial charge in [0.1, 0.15) is 0 Å². The normalized spacial score (nSPS) is 13.6. The van der Waals surface area contributed by atoms with Crippen LogP contribution >= 0.6 is 11.3 Å². The third kappa shape index (κ3) is 2.78. The van der Waals surface area contributed by atoms with Gasteiger partial charge in [-0.25, -0.2) is 4.98 Å². The van der Waals surface area contributed by atoms with Crippen molar-refractivity contribution in [3.05, 3.63) is 16.1 Å². The number of hydrogen-bond acceptors (Lipinski definition) is 3. The van der Waals surface area contributed by atoms with Gasteiger partial charge in [0.05, 0.1) is 10.7 Å². The fraction of sp³-hybridized carbons (Fsp3) is 0.700. The van der Waals surface area contributed by atoms with Gasteiger partial charge in [0.25, 0.3) is 0 Å². The average Bonchev–Trinajstić information content (AvgIpc) is 2.52. The van der Waals surface area contributed by atoms with Gasteiger partial charge < -0.3 is 5.73 Å². The number of thiazole rings is 1. The minimum absolute atomic E-state index is 0.516. The summed E-state index contributed by atoms with van der Waals surface area (Å²) in [5, 5.41) is 3.39. The first-order valence-electron chi connectivity index (χ1n) is 4.80. The van der Waals surface area contributed by atoms with E-state index in [2.05, 4.69) is 31.1 Å². The van der Waals surface area contributed by atoms with Crippen LogP contribution in [0.15, 0.2) is 5.38 Å². The molecule has 3 heteroatoms. The van der Waals surface area contributed by atoms with E-state index in [1.54, 1.807) is 11.3 Å². The summed E-state index contributed by atoms with van der Waals surface area (Å²) >= 11 is 1.76. The summed E-state index contributed by atoms with van der Waals surface area (Å²) in [6.45, 7) is 7.28. The molecule has 2 N–H and O–H groups in total. The van der Waals surface area contributed by atoms with E-state index in [4.69, 9.17) is 5.73 Å². The minimum atomic E-state index is 0.516. The molecule has 0 spiro atoms. The zero-order valence-corrected chi connectivity index (χ0v) is 9.40. The molecule has 0 aliphatic carbocycles. The zero-order chi connectivity index (χ0) is 9.84. The Balaban J connectivity index is 2.67. The van der Waals surface area contributed by atoms with Gasteiger partial charge in [-0.15, -0.1) is 11.3 Å². The van der Waals surface area contributed by atoms with Crippen LogP contribution in [0, 0.1) is 0 Å². The number of nitrogens with zero attached hydrogens (tertiary/aromatic N) is 1. The summed E-state index contributed by atoms with van der Waals surface area (Å²) in [6, 6.07) is 0. The standard InChI is InChI=1S/C10H18N2S/c1-7(2)9-6-13-10(12-9)8(3)4-5-11/h6-8H,4-5,11H2,1-3H3. The molecule has 0 aliphatic heterocycles. The van der Waals surface area contributed by atoms with Crippen molar-refractivity contribution >= 4 is 11.3 Å². The Bertz CT molecular complexity index is 255. The van der Waals surface area contributed by atoms with Crippen molar-refractivity contribution in [2.45, 2.75) is 39.0 Å². The Morgan fingerprint density at radius 2 is 2.15 bits per heavy atom. The van der Waals surface area contributed by atoms with Gasteiger partial charge in [0, 0.05) is 11.3 Å². The molecule has 1 heterocycles. The number of hydrogen-bond donors (Lipinski definition) is 1. The van der Waals surface area contributed by atoms with Crippen LogP contribution in [0.25, 0.3) is 0 Å². The molecular weight excluding hydrogens is 180 g/mol. The molecule has 1 aromatic rings. The highest BCUT2D eigenvalue weighted by molar-refractivity contribution is 7.09. The number of rotatable bonds is 4. The third-order valence-electron chi connectivity index (χ3n) is 2.15. The Labute approximate surface area is 84.2 Å². The molecular formula is C10H18N2S. The first-order chi connectivity index (χ1) is 6.15. The molecule has 0 fully saturated rings. The van der Waals surface area contributed by atoms with Gasteiger partial charge in [-0.1, -0.05) is 20.8 Å². The second kappa shape index (κ2) is 4.72. The Morgan fingerprint density at radius 1 is 1.46 bits per heavy atom. The molecule has 0 aliphatic rings. The largest absolute Gasteiger partial charge is 0.330 e. The summed E-state index contributed by atoms with van der Waals surface area (Å²) in [5.41, 5.74) is 6.72. The SMILES string of the molecule is CC(C)c1csc(C(C)CCN)n1. The monoisotopic (exact) mass is 198 g/mol. The van der Waals surface area contributed by atoms with Gasteiger partial charge in [-0.3, -0.25) is 0 Å². The van der Waals surface area contributed by atoms with Crippen LogP contribution in [-0.4, -0.2) is 11.5 Å². The van der Waals surface area contributed by atoms with Crippen LogP contribution in [0.5, 0.6) is 0 Å². The molecule has 0 amide bonds. The van der Waals surface area contributed by atoms with E-state index >= 15 is 0 Å². The quantitative estimate of drug-likeness (QED) is 0.808. The van der Waals surface area contributed by atoms with Crippen molar-refractivity contribution in [2.75, 3.05) is 6.54 Å². The van der Waals surface area contributed by atoms with Crippen molar-refractivity contribution in [1.29, 1.82) is 0 Å². The molecule has 0 saturated heterocycles. The smallest absolute Gasteiger partial charge is 0.0957 e. The lowest BCUT2D eigenvalue weighted by molar-refractivity contribution is 0.678. The fourth-order valence-corrected chi connectivity index (χ4v) is 2.24. The summed E-state index contributed by atoms with van der Waals surface area (Å²) in [4.78, 5) is 4.59. The van der Waals surface area contributed by atoms with Gasteiger partial charge in [-0.05, 0) is 18.9 Å². The van der Waals surface area contributed by atoms with Crippen LogP contribution in [-0.2, 0) is 0 Å². The first kappa shape index (κ1) is 10.7. The lowest BCUT2D eigenvalue weighted by Crippen LogP contribution is -2.04. The highest BCUT2D eigenvalue weighted by Gasteiger charge is 2.10. The Kier molecular flexibility index (Phi) is 3.88. The van der Waals surface area contributed by atoms with Crippen molar-refractivity contribution in [1.82, 2.24) is 4.98 Å². The van der Waals surface area contributed by atoms with Crippen molar-refractivity contribution in [3.8, 4) is 0 Å². The predicted octanol–water partition coefficient (Wildman–Crippen LogP) is 2.72. The van der Waals surface area contributed by atoms with Crippen molar-refractivity contribution in [2.24, 2.45) is 5.73 Å². The van der Waals surface area contributed by atoms with Gasteiger partial charge in [0.15, 0.2) is 0 Å². The van der Waals surface area contributed by atoms with E-state index in [1.807, 2.05) is 0 Å². The van der Waals surface area contributed by atoms with E-state index in [9.17, 15) is 0 Å². The minimum Gasteiger partial charge on any atom is -0.330 e. The van der Waals surface area contributed by atoms with Crippen LogP contribution in [0.4, 0.5) is 0 Å². The number of nitrogens with two attached hydrogens (primary N) is 1. The predicted molar refractivity (Wildman–Crippen MR) is 58.3 cm³/mol. The molecule has 1 rings (SSSR count). The molecule has 0 radical (unpaired) electrons. The van der Waals surface area contributed by atoms with Gasteiger partial charge in [-0.2, -0.15) is 0 Å². The summed E-state index contributed by atoms with van der Waals surface area (Å²) in [6.07, 6.45) is 1.03. The maximum atomic E-state index is 5.51. The van der Waals surface area contributed by atoms with E-state index < -0.39 is 0 Å². The molecule has 0 aromatic carbocycles. The molecule has 13 heavy (non-hydrogen) atoms. The highest BCUT2D eigenvalue weighted by Crippen LogP contribution is 2.25. The topological polar surface area (TPSA) is 38.9 Å². The van der Waals surface area contributed by atoms with Crippen LogP contribution < -0.4 is 5.73 Å². The molecule has 0 saturated carbocycles.